The van der Waals surface area contributed by atoms with Gasteiger partial charge in [-0.25, -0.2) is 4.39 Å². The Kier molecular flexibility index (Phi) is 4.66. The second-order valence-electron chi connectivity index (χ2n) is 4.48. The summed E-state index contributed by atoms with van der Waals surface area (Å²) >= 11 is 0. The van der Waals surface area contributed by atoms with Crippen LogP contribution in [0.25, 0.3) is 0 Å². The van der Waals surface area contributed by atoms with Gasteiger partial charge in [-0.15, -0.1) is 0 Å². The number of benzene rings is 2. The summed E-state index contributed by atoms with van der Waals surface area (Å²) in [4.78, 5) is 22.6. The lowest BCUT2D eigenvalue weighted by molar-refractivity contribution is -0.133. The average molecular weight is 287 g/mol. The zero-order valence-electron chi connectivity index (χ0n) is 11.4. The van der Waals surface area contributed by atoms with Crippen molar-refractivity contribution in [3.63, 3.8) is 0 Å². The molecule has 0 aliphatic carbocycles. The molecule has 0 fully saturated rings. The molecule has 2 aromatic carbocycles. The van der Waals surface area contributed by atoms with Crippen molar-refractivity contribution in [3.05, 3.63) is 59.9 Å². The van der Waals surface area contributed by atoms with Gasteiger partial charge in [-0.2, -0.15) is 0 Å². The van der Waals surface area contributed by atoms with Crippen molar-refractivity contribution in [1.82, 2.24) is 0 Å². The summed E-state index contributed by atoms with van der Waals surface area (Å²) in [5.41, 5.74) is 1.30. The van der Waals surface area contributed by atoms with Gasteiger partial charge in [-0.1, -0.05) is 12.1 Å². The lowest BCUT2D eigenvalue weighted by atomic mass is 10.1. The topological polar surface area (TPSA) is 55.4 Å². The zero-order chi connectivity index (χ0) is 15.2. The first-order chi connectivity index (χ1) is 10.0. The van der Waals surface area contributed by atoms with Gasteiger partial charge in [-0.3, -0.25) is 9.59 Å². The summed E-state index contributed by atoms with van der Waals surface area (Å²) in [5.74, 6) is -0.568. The molecule has 0 aromatic heterocycles. The molecule has 108 valence electrons. The van der Waals surface area contributed by atoms with Crippen LogP contribution >= 0.6 is 0 Å². The SMILES string of the molecule is CC(=O)Nc1ccc(OC(=O)Cc2ccc(F)cc2)cc1. The van der Waals surface area contributed by atoms with Crippen molar-refractivity contribution < 1.29 is 18.7 Å². The van der Waals surface area contributed by atoms with E-state index in [9.17, 15) is 14.0 Å². The predicted octanol–water partition coefficient (Wildman–Crippen LogP) is 2.93. The molecule has 0 saturated heterocycles. The number of hydrogen-bond donors (Lipinski definition) is 1. The van der Waals surface area contributed by atoms with Gasteiger partial charge in [0.1, 0.15) is 11.6 Å². The zero-order valence-corrected chi connectivity index (χ0v) is 11.4. The number of esters is 1. The van der Waals surface area contributed by atoms with E-state index in [2.05, 4.69) is 5.32 Å². The lowest BCUT2D eigenvalue weighted by Gasteiger charge is -2.06. The third-order valence-electron chi connectivity index (χ3n) is 2.67. The number of ether oxygens (including phenoxy) is 1. The van der Waals surface area contributed by atoms with Crippen LogP contribution in [0.5, 0.6) is 5.75 Å². The van der Waals surface area contributed by atoms with E-state index in [0.717, 1.165) is 0 Å². The van der Waals surface area contributed by atoms with Crippen LogP contribution in [0.1, 0.15) is 12.5 Å². The molecular weight excluding hydrogens is 273 g/mol. The first-order valence-electron chi connectivity index (χ1n) is 6.36. The Balaban J connectivity index is 1.93. The molecule has 0 atom stereocenters. The number of amides is 1. The number of rotatable bonds is 4. The molecule has 2 rings (SSSR count). The number of anilines is 1. The molecular formula is C16H14FNO3. The van der Waals surface area contributed by atoms with Gasteiger partial charge < -0.3 is 10.1 Å². The monoisotopic (exact) mass is 287 g/mol. The van der Waals surface area contributed by atoms with Crippen molar-refractivity contribution in [2.24, 2.45) is 0 Å². The van der Waals surface area contributed by atoms with Crippen molar-refractivity contribution in [2.75, 3.05) is 5.32 Å². The van der Waals surface area contributed by atoms with Crippen molar-refractivity contribution >= 4 is 17.6 Å². The van der Waals surface area contributed by atoms with Crippen LogP contribution in [-0.2, 0) is 16.0 Å². The van der Waals surface area contributed by atoms with Crippen LogP contribution in [-0.4, -0.2) is 11.9 Å². The highest BCUT2D eigenvalue weighted by Gasteiger charge is 2.07. The summed E-state index contributed by atoms with van der Waals surface area (Å²) in [6, 6.07) is 12.1. The first-order valence-corrected chi connectivity index (χ1v) is 6.36. The minimum absolute atomic E-state index is 0.0632. The number of carbonyl (C=O) groups excluding carboxylic acids is 2. The fourth-order valence-electron chi connectivity index (χ4n) is 1.75. The first kappa shape index (κ1) is 14.7. The maximum Gasteiger partial charge on any atom is 0.315 e. The van der Waals surface area contributed by atoms with E-state index in [1.54, 1.807) is 24.3 Å². The largest absolute Gasteiger partial charge is 0.426 e. The van der Waals surface area contributed by atoms with Gasteiger partial charge in [-0.05, 0) is 42.0 Å². The van der Waals surface area contributed by atoms with Gasteiger partial charge in [0.15, 0.2) is 0 Å². The quantitative estimate of drug-likeness (QED) is 0.695. The molecule has 2 aromatic rings. The minimum atomic E-state index is -0.436. The number of hydrogen-bond acceptors (Lipinski definition) is 3. The fourth-order valence-corrected chi connectivity index (χ4v) is 1.75. The molecule has 0 spiro atoms. The number of nitrogens with one attached hydrogen (secondary N) is 1. The summed E-state index contributed by atoms with van der Waals surface area (Å²) in [6.07, 6.45) is 0.0632. The van der Waals surface area contributed by atoms with E-state index in [0.29, 0.717) is 17.0 Å². The lowest BCUT2D eigenvalue weighted by Crippen LogP contribution is -2.11. The Hall–Kier alpha value is -2.69. The van der Waals surface area contributed by atoms with Gasteiger partial charge in [0.2, 0.25) is 5.91 Å². The summed E-state index contributed by atoms with van der Waals surface area (Å²) in [7, 11) is 0. The molecule has 4 nitrogen and oxygen atoms in total. The number of halogens is 1. The molecule has 0 aliphatic rings. The molecule has 0 saturated carbocycles. The standard InChI is InChI=1S/C16H14FNO3/c1-11(19)18-14-6-8-15(9-7-14)21-16(20)10-12-2-4-13(17)5-3-12/h2-9H,10H2,1H3,(H,18,19). The van der Waals surface area contributed by atoms with Crippen LogP contribution in [0.3, 0.4) is 0 Å². The second kappa shape index (κ2) is 6.65. The van der Waals surface area contributed by atoms with Gasteiger partial charge in [0, 0.05) is 12.6 Å². The Morgan fingerprint density at radius 2 is 1.67 bits per heavy atom. The number of carbonyl (C=O) groups is 2. The summed E-state index contributed by atoms with van der Waals surface area (Å²) in [5, 5.41) is 2.62. The van der Waals surface area contributed by atoms with Crippen LogP contribution in [0.4, 0.5) is 10.1 Å². The van der Waals surface area contributed by atoms with Crippen LogP contribution in [0.2, 0.25) is 0 Å². The fraction of sp³-hybridized carbons (Fsp3) is 0.125. The van der Waals surface area contributed by atoms with Crippen LogP contribution in [0, 0.1) is 5.82 Å². The van der Waals surface area contributed by atoms with Gasteiger partial charge in [0.25, 0.3) is 0 Å². The van der Waals surface area contributed by atoms with E-state index < -0.39 is 5.97 Å². The summed E-state index contributed by atoms with van der Waals surface area (Å²) < 4.78 is 17.9. The predicted molar refractivity (Wildman–Crippen MR) is 76.5 cm³/mol. The van der Waals surface area contributed by atoms with Crippen LogP contribution < -0.4 is 10.1 Å². The average Bonchev–Trinajstić information content (AvgIpc) is 2.43. The molecule has 0 unspecified atom stereocenters. The molecule has 0 heterocycles. The van der Waals surface area contributed by atoms with E-state index >= 15 is 0 Å². The molecule has 1 N–H and O–H groups in total. The molecule has 0 aliphatic heterocycles. The Labute approximate surface area is 121 Å². The Morgan fingerprint density at radius 1 is 1.05 bits per heavy atom. The van der Waals surface area contributed by atoms with Crippen LogP contribution in [0.15, 0.2) is 48.5 Å². The molecule has 0 bridgehead atoms. The molecule has 21 heavy (non-hydrogen) atoms. The maximum absolute atomic E-state index is 12.8. The highest BCUT2D eigenvalue weighted by atomic mass is 19.1. The van der Waals surface area contributed by atoms with Gasteiger partial charge >= 0.3 is 5.97 Å². The molecule has 5 heteroatoms. The molecule has 0 radical (unpaired) electrons. The van der Waals surface area contributed by atoms with Gasteiger partial charge in [0.05, 0.1) is 6.42 Å². The third-order valence-corrected chi connectivity index (χ3v) is 2.67. The van der Waals surface area contributed by atoms with Crippen molar-refractivity contribution in [2.45, 2.75) is 13.3 Å². The normalized spacial score (nSPS) is 10.0. The Morgan fingerprint density at radius 3 is 2.24 bits per heavy atom. The Bertz CT molecular complexity index is 636. The molecule has 1 amide bonds. The third kappa shape index (κ3) is 4.72. The maximum atomic E-state index is 12.8. The minimum Gasteiger partial charge on any atom is -0.426 e. The van der Waals surface area contributed by atoms with E-state index in [-0.39, 0.29) is 18.1 Å². The van der Waals surface area contributed by atoms with Crippen molar-refractivity contribution in [1.29, 1.82) is 0 Å². The van der Waals surface area contributed by atoms with E-state index in [1.807, 2.05) is 0 Å². The van der Waals surface area contributed by atoms with Crippen molar-refractivity contribution in [3.8, 4) is 5.75 Å². The highest BCUT2D eigenvalue weighted by Crippen LogP contribution is 2.16. The second-order valence-corrected chi connectivity index (χ2v) is 4.48. The smallest absolute Gasteiger partial charge is 0.315 e. The van der Waals surface area contributed by atoms with E-state index in [1.165, 1.54) is 31.2 Å². The summed E-state index contributed by atoms with van der Waals surface area (Å²) in [6.45, 7) is 1.41. The van der Waals surface area contributed by atoms with E-state index in [4.69, 9.17) is 4.74 Å². The highest BCUT2D eigenvalue weighted by molar-refractivity contribution is 5.88.